The van der Waals surface area contributed by atoms with Crippen molar-refractivity contribution in [3.63, 3.8) is 0 Å². The lowest BCUT2D eigenvalue weighted by atomic mass is 10.1. The maximum absolute atomic E-state index is 10.9. The van der Waals surface area contributed by atoms with Crippen molar-refractivity contribution in [3.05, 3.63) is 30.1 Å². The number of hydrogen-bond acceptors (Lipinski definition) is 4. The van der Waals surface area contributed by atoms with E-state index >= 15 is 0 Å². The van der Waals surface area contributed by atoms with Crippen LogP contribution in [0.25, 0.3) is 10.9 Å². The number of aromatic carboxylic acids is 1. The highest BCUT2D eigenvalue weighted by Crippen LogP contribution is 2.25. The number of nitrogens with zero attached hydrogens (tertiary/aromatic N) is 2. The van der Waals surface area contributed by atoms with Gasteiger partial charge < -0.3 is 5.11 Å². The molecule has 1 aromatic carbocycles. The molecule has 0 bridgehead atoms. The van der Waals surface area contributed by atoms with Gasteiger partial charge in [0, 0.05) is 5.39 Å². The van der Waals surface area contributed by atoms with Gasteiger partial charge in [0.1, 0.15) is 11.4 Å². The van der Waals surface area contributed by atoms with Crippen LogP contribution in [-0.2, 0) is 0 Å². The molecular formula is C12H12N2O2S. The fourth-order valence-electron chi connectivity index (χ4n) is 1.48. The Hall–Kier alpha value is -1.62. The molecule has 0 saturated heterocycles. The van der Waals surface area contributed by atoms with Gasteiger partial charge in [0.15, 0.2) is 0 Å². The largest absolute Gasteiger partial charge is 0.478 e. The molecular weight excluding hydrogens is 236 g/mol. The minimum absolute atomic E-state index is 0.252. The average Bonchev–Trinajstić information content (AvgIpc) is 2.35. The summed E-state index contributed by atoms with van der Waals surface area (Å²) >= 11 is 1.67. The zero-order chi connectivity index (χ0) is 12.3. The standard InChI is InChI=1S/C12H12N2O2S/c1-2-5-17-11-9-4-3-8(12(15)16)6-10(9)13-7-14-11/h3-4,6-7H,2,5H2,1H3,(H,15,16). The Morgan fingerprint density at radius 1 is 1.41 bits per heavy atom. The molecule has 0 radical (unpaired) electrons. The Morgan fingerprint density at radius 2 is 2.24 bits per heavy atom. The van der Waals surface area contributed by atoms with E-state index in [0.717, 1.165) is 22.6 Å². The summed E-state index contributed by atoms with van der Waals surface area (Å²) < 4.78 is 0. The topological polar surface area (TPSA) is 63.1 Å². The number of carboxylic acid groups (broad SMARTS) is 1. The summed E-state index contributed by atoms with van der Waals surface area (Å²) in [5, 5.41) is 10.7. The molecule has 1 N–H and O–H groups in total. The van der Waals surface area contributed by atoms with Crippen LogP contribution in [0.3, 0.4) is 0 Å². The van der Waals surface area contributed by atoms with Crippen molar-refractivity contribution in [2.24, 2.45) is 0 Å². The van der Waals surface area contributed by atoms with Gasteiger partial charge in [-0.05, 0) is 30.4 Å². The van der Waals surface area contributed by atoms with Gasteiger partial charge in [-0.3, -0.25) is 0 Å². The van der Waals surface area contributed by atoms with Gasteiger partial charge in [-0.15, -0.1) is 11.8 Å². The van der Waals surface area contributed by atoms with E-state index in [-0.39, 0.29) is 5.56 Å². The highest BCUT2D eigenvalue weighted by atomic mass is 32.2. The zero-order valence-corrected chi connectivity index (χ0v) is 10.2. The smallest absolute Gasteiger partial charge is 0.335 e. The van der Waals surface area contributed by atoms with E-state index in [0.29, 0.717) is 5.52 Å². The molecule has 0 amide bonds. The number of aromatic nitrogens is 2. The van der Waals surface area contributed by atoms with E-state index in [1.807, 2.05) is 0 Å². The second-order valence-electron chi connectivity index (χ2n) is 3.56. The first-order chi connectivity index (χ1) is 8.22. The molecule has 0 unspecified atom stereocenters. The Morgan fingerprint density at radius 3 is 2.94 bits per heavy atom. The third-order valence-electron chi connectivity index (χ3n) is 2.29. The molecule has 0 aliphatic rings. The number of hydrogen-bond donors (Lipinski definition) is 1. The van der Waals surface area contributed by atoms with Gasteiger partial charge in [-0.25, -0.2) is 14.8 Å². The molecule has 0 aliphatic heterocycles. The van der Waals surface area contributed by atoms with Crippen LogP contribution in [0.1, 0.15) is 23.7 Å². The maximum Gasteiger partial charge on any atom is 0.335 e. The molecule has 2 aromatic rings. The minimum Gasteiger partial charge on any atom is -0.478 e. The molecule has 4 nitrogen and oxygen atoms in total. The third kappa shape index (κ3) is 2.55. The summed E-state index contributed by atoms with van der Waals surface area (Å²) in [7, 11) is 0. The van der Waals surface area contributed by atoms with Crippen molar-refractivity contribution >= 4 is 28.6 Å². The van der Waals surface area contributed by atoms with Gasteiger partial charge in [-0.1, -0.05) is 6.92 Å². The number of fused-ring (bicyclic) bond motifs is 1. The predicted molar refractivity (Wildman–Crippen MR) is 67.5 cm³/mol. The third-order valence-corrected chi connectivity index (χ3v) is 3.50. The molecule has 1 aromatic heterocycles. The zero-order valence-electron chi connectivity index (χ0n) is 9.38. The number of benzene rings is 1. The summed E-state index contributed by atoms with van der Waals surface area (Å²) in [4.78, 5) is 19.2. The minimum atomic E-state index is -0.937. The Labute approximate surface area is 103 Å². The maximum atomic E-state index is 10.9. The van der Waals surface area contributed by atoms with E-state index in [9.17, 15) is 4.79 Å². The Balaban J connectivity index is 2.47. The Kier molecular flexibility index (Phi) is 3.58. The fourth-order valence-corrected chi connectivity index (χ4v) is 2.33. The second kappa shape index (κ2) is 5.14. The van der Waals surface area contributed by atoms with Crippen molar-refractivity contribution in [2.75, 3.05) is 5.75 Å². The lowest BCUT2D eigenvalue weighted by molar-refractivity contribution is 0.0697. The van der Waals surface area contributed by atoms with E-state index in [4.69, 9.17) is 5.11 Å². The SMILES string of the molecule is CCCSc1ncnc2cc(C(=O)O)ccc12. The summed E-state index contributed by atoms with van der Waals surface area (Å²) in [6, 6.07) is 4.94. The second-order valence-corrected chi connectivity index (χ2v) is 4.65. The van der Waals surface area contributed by atoms with Gasteiger partial charge in [0.2, 0.25) is 0 Å². The molecule has 88 valence electrons. The monoisotopic (exact) mass is 248 g/mol. The van der Waals surface area contributed by atoms with Gasteiger partial charge in [0.05, 0.1) is 11.1 Å². The lowest BCUT2D eigenvalue weighted by Gasteiger charge is -2.04. The lowest BCUT2D eigenvalue weighted by Crippen LogP contribution is -1.97. The van der Waals surface area contributed by atoms with Gasteiger partial charge in [-0.2, -0.15) is 0 Å². The van der Waals surface area contributed by atoms with Crippen molar-refractivity contribution in [1.82, 2.24) is 9.97 Å². The normalized spacial score (nSPS) is 10.6. The van der Waals surface area contributed by atoms with Gasteiger partial charge in [0.25, 0.3) is 0 Å². The summed E-state index contributed by atoms with van der Waals surface area (Å²) in [5.74, 6) is 0.0561. The first-order valence-corrected chi connectivity index (χ1v) is 6.31. The van der Waals surface area contributed by atoms with Crippen LogP contribution in [0.15, 0.2) is 29.6 Å². The first-order valence-electron chi connectivity index (χ1n) is 5.33. The molecule has 0 atom stereocenters. The van der Waals surface area contributed by atoms with Crippen molar-refractivity contribution in [1.29, 1.82) is 0 Å². The van der Waals surface area contributed by atoms with Gasteiger partial charge >= 0.3 is 5.97 Å². The van der Waals surface area contributed by atoms with Crippen LogP contribution < -0.4 is 0 Å². The van der Waals surface area contributed by atoms with E-state index in [1.54, 1.807) is 30.0 Å². The molecule has 0 saturated carbocycles. The predicted octanol–water partition coefficient (Wildman–Crippen LogP) is 2.83. The van der Waals surface area contributed by atoms with Crippen LogP contribution in [0.5, 0.6) is 0 Å². The Bertz CT molecular complexity index is 557. The molecule has 0 aliphatic carbocycles. The molecule has 5 heteroatoms. The van der Waals surface area contributed by atoms with Crippen LogP contribution in [0.2, 0.25) is 0 Å². The average molecular weight is 248 g/mol. The van der Waals surface area contributed by atoms with E-state index < -0.39 is 5.97 Å². The summed E-state index contributed by atoms with van der Waals surface area (Å²) in [6.07, 6.45) is 2.55. The van der Waals surface area contributed by atoms with Crippen LogP contribution in [0.4, 0.5) is 0 Å². The number of thioether (sulfide) groups is 1. The highest BCUT2D eigenvalue weighted by Gasteiger charge is 2.08. The molecule has 2 rings (SSSR count). The number of rotatable bonds is 4. The highest BCUT2D eigenvalue weighted by molar-refractivity contribution is 7.99. The van der Waals surface area contributed by atoms with Crippen molar-refractivity contribution < 1.29 is 9.90 Å². The number of carbonyl (C=O) groups is 1. The van der Waals surface area contributed by atoms with Crippen LogP contribution in [0, 0.1) is 0 Å². The van der Waals surface area contributed by atoms with E-state index in [1.165, 1.54) is 6.33 Å². The summed E-state index contributed by atoms with van der Waals surface area (Å²) in [6.45, 7) is 2.11. The molecule has 0 fully saturated rings. The van der Waals surface area contributed by atoms with Crippen LogP contribution in [-0.4, -0.2) is 26.8 Å². The molecule has 0 spiro atoms. The first kappa shape index (κ1) is 11.9. The van der Waals surface area contributed by atoms with Crippen molar-refractivity contribution in [3.8, 4) is 0 Å². The quantitative estimate of drug-likeness (QED) is 0.666. The molecule has 17 heavy (non-hydrogen) atoms. The van der Waals surface area contributed by atoms with Crippen molar-refractivity contribution in [2.45, 2.75) is 18.4 Å². The van der Waals surface area contributed by atoms with E-state index in [2.05, 4.69) is 16.9 Å². The number of carboxylic acids is 1. The van der Waals surface area contributed by atoms with Crippen LogP contribution >= 0.6 is 11.8 Å². The molecule has 1 heterocycles. The fraction of sp³-hybridized carbons (Fsp3) is 0.250. The summed E-state index contributed by atoms with van der Waals surface area (Å²) in [5.41, 5.74) is 0.932.